The molecule has 17 heavy (non-hydrogen) atoms. The van der Waals surface area contributed by atoms with Crippen LogP contribution in [-0.2, 0) is 4.79 Å². The summed E-state index contributed by atoms with van der Waals surface area (Å²) in [6.07, 6.45) is 3.63. The van der Waals surface area contributed by atoms with E-state index in [1.54, 1.807) is 6.21 Å². The van der Waals surface area contributed by atoms with Crippen molar-refractivity contribution in [2.75, 3.05) is 5.75 Å². The number of nitrogens with one attached hydrogen (secondary N) is 1. The van der Waals surface area contributed by atoms with E-state index < -0.39 is 5.97 Å². The third-order valence-corrected chi connectivity index (χ3v) is 2.55. The summed E-state index contributed by atoms with van der Waals surface area (Å²) in [5.41, 5.74) is 1.94. The summed E-state index contributed by atoms with van der Waals surface area (Å²) in [6.45, 7) is 3.87. The van der Waals surface area contributed by atoms with Crippen molar-refractivity contribution < 1.29 is 9.90 Å². The van der Waals surface area contributed by atoms with Gasteiger partial charge in [-0.3, -0.25) is 9.79 Å². The third kappa shape index (κ3) is 6.26. The first-order valence-electron chi connectivity index (χ1n) is 5.67. The van der Waals surface area contributed by atoms with Gasteiger partial charge in [-0.25, -0.2) is 0 Å². The summed E-state index contributed by atoms with van der Waals surface area (Å²) in [5, 5.41) is 16.5. The van der Waals surface area contributed by atoms with Gasteiger partial charge in [-0.2, -0.15) is 12.6 Å². The predicted octanol–water partition coefficient (Wildman–Crippen LogP) is 2.95. The number of carboxylic acids is 1. The van der Waals surface area contributed by atoms with E-state index in [4.69, 9.17) is 10.5 Å². The second kappa shape index (κ2) is 8.98. The maximum Gasteiger partial charge on any atom is 0.303 e. The molecule has 0 saturated carbocycles. The highest BCUT2D eigenvalue weighted by molar-refractivity contribution is 7.80. The smallest absolute Gasteiger partial charge is 0.303 e. The molecule has 0 aromatic heterocycles. The molecule has 0 aliphatic heterocycles. The first kappa shape index (κ1) is 15.9. The molecule has 0 spiro atoms. The molecule has 0 aliphatic carbocycles. The number of rotatable bonds is 8. The van der Waals surface area contributed by atoms with Crippen LogP contribution in [0.1, 0.15) is 39.5 Å². The minimum atomic E-state index is -0.885. The molecular weight excluding hydrogens is 236 g/mol. The number of carboxylic acid groups (broad SMARTS) is 1. The van der Waals surface area contributed by atoms with Crippen molar-refractivity contribution in [1.82, 2.24) is 0 Å². The van der Waals surface area contributed by atoms with Crippen molar-refractivity contribution in [3.8, 4) is 0 Å². The molecule has 0 aliphatic rings. The van der Waals surface area contributed by atoms with Crippen molar-refractivity contribution in [3.05, 3.63) is 11.3 Å². The Morgan fingerprint density at radius 1 is 1.41 bits per heavy atom. The van der Waals surface area contributed by atoms with Gasteiger partial charge in [0.25, 0.3) is 0 Å². The lowest BCUT2D eigenvalue weighted by atomic mass is 10.0. The lowest BCUT2D eigenvalue weighted by Crippen LogP contribution is -2.09. The molecule has 0 heterocycles. The van der Waals surface area contributed by atoms with Gasteiger partial charge < -0.3 is 10.5 Å². The third-order valence-electron chi connectivity index (χ3n) is 2.23. The zero-order chi connectivity index (χ0) is 13.3. The van der Waals surface area contributed by atoms with Crippen molar-refractivity contribution in [2.24, 2.45) is 4.99 Å². The summed E-state index contributed by atoms with van der Waals surface area (Å²) in [4.78, 5) is 14.7. The maximum atomic E-state index is 10.5. The Morgan fingerprint density at radius 3 is 2.47 bits per heavy atom. The van der Waals surface area contributed by atoms with Gasteiger partial charge in [0, 0.05) is 28.9 Å². The first-order chi connectivity index (χ1) is 8.06. The van der Waals surface area contributed by atoms with Crippen molar-refractivity contribution >= 4 is 30.5 Å². The number of nitrogens with zero attached hydrogens (tertiary/aromatic N) is 1. The van der Waals surface area contributed by atoms with Crippen LogP contribution in [0.5, 0.6) is 0 Å². The highest BCUT2D eigenvalue weighted by Gasteiger charge is 2.11. The largest absolute Gasteiger partial charge is 0.481 e. The molecule has 0 rings (SSSR count). The highest BCUT2D eigenvalue weighted by Crippen LogP contribution is 2.17. The number of aliphatic carboxylic acids is 1. The minimum Gasteiger partial charge on any atom is -0.481 e. The van der Waals surface area contributed by atoms with Crippen LogP contribution in [0.4, 0.5) is 0 Å². The van der Waals surface area contributed by atoms with E-state index in [1.807, 2.05) is 13.8 Å². The van der Waals surface area contributed by atoms with E-state index in [9.17, 15) is 4.79 Å². The predicted molar refractivity (Wildman–Crippen MR) is 74.5 cm³/mol. The number of thiol groups is 1. The van der Waals surface area contributed by atoms with Crippen molar-refractivity contribution in [2.45, 2.75) is 39.5 Å². The van der Waals surface area contributed by atoms with Crippen LogP contribution in [0.3, 0.4) is 0 Å². The van der Waals surface area contributed by atoms with Gasteiger partial charge in [-0.1, -0.05) is 13.3 Å². The first-order valence-corrected chi connectivity index (χ1v) is 6.31. The second-order valence-electron chi connectivity index (χ2n) is 3.59. The number of carbonyl (C=O) groups is 1. The van der Waals surface area contributed by atoms with E-state index >= 15 is 0 Å². The quantitative estimate of drug-likeness (QED) is 0.461. The molecule has 0 radical (unpaired) electrons. The fourth-order valence-corrected chi connectivity index (χ4v) is 1.80. The molecule has 0 atom stereocenters. The SMILES string of the molecule is CC=N/C(CCC)=C(/CS)C(=N)CCC(=O)O. The van der Waals surface area contributed by atoms with Gasteiger partial charge in [0.2, 0.25) is 0 Å². The van der Waals surface area contributed by atoms with Crippen LogP contribution in [0.15, 0.2) is 16.3 Å². The van der Waals surface area contributed by atoms with Crippen LogP contribution < -0.4 is 0 Å². The summed E-state index contributed by atoms with van der Waals surface area (Å²) < 4.78 is 0. The Labute approximate surface area is 108 Å². The van der Waals surface area contributed by atoms with Gasteiger partial charge in [0.05, 0.1) is 6.42 Å². The molecule has 4 nitrogen and oxygen atoms in total. The van der Waals surface area contributed by atoms with Crippen LogP contribution >= 0.6 is 12.6 Å². The van der Waals surface area contributed by atoms with Gasteiger partial charge in [0.15, 0.2) is 0 Å². The normalized spacial score (nSPS) is 12.6. The van der Waals surface area contributed by atoms with E-state index in [1.165, 1.54) is 0 Å². The molecule has 0 amide bonds. The molecule has 96 valence electrons. The van der Waals surface area contributed by atoms with Crippen LogP contribution in [-0.4, -0.2) is 28.8 Å². The van der Waals surface area contributed by atoms with Crippen LogP contribution in [0.2, 0.25) is 0 Å². The lowest BCUT2D eigenvalue weighted by Gasteiger charge is -2.10. The Hall–Kier alpha value is -1.10. The zero-order valence-corrected chi connectivity index (χ0v) is 11.3. The average Bonchev–Trinajstić information content (AvgIpc) is 2.28. The molecule has 0 fully saturated rings. The maximum absolute atomic E-state index is 10.5. The van der Waals surface area contributed by atoms with Gasteiger partial charge in [-0.05, 0) is 19.8 Å². The summed E-state index contributed by atoms with van der Waals surface area (Å²) in [6, 6.07) is 0. The fraction of sp³-hybridized carbons (Fsp3) is 0.583. The number of hydrogen-bond donors (Lipinski definition) is 3. The molecule has 2 N–H and O–H groups in total. The monoisotopic (exact) mass is 256 g/mol. The molecular formula is C12H20N2O2S. The molecule has 0 bridgehead atoms. The molecule has 0 unspecified atom stereocenters. The minimum absolute atomic E-state index is 0.0225. The van der Waals surface area contributed by atoms with E-state index in [-0.39, 0.29) is 12.8 Å². The number of hydrogen-bond acceptors (Lipinski definition) is 4. The van der Waals surface area contributed by atoms with Gasteiger partial charge >= 0.3 is 5.97 Å². The van der Waals surface area contributed by atoms with Crippen LogP contribution in [0, 0.1) is 5.41 Å². The standard InChI is InChI=1S/C12H20N2O2S/c1-3-5-11(14-4-2)9(8-17)10(13)6-7-12(15)16/h4,13,17H,3,5-8H2,1-2H3,(H,15,16)/b11-9-,13-10?,14-4?. The Balaban J connectivity index is 4.90. The van der Waals surface area contributed by atoms with Crippen molar-refractivity contribution in [3.63, 3.8) is 0 Å². The summed E-state index contributed by atoms with van der Waals surface area (Å²) >= 11 is 4.20. The highest BCUT2D eigenvalue weighted by atomic mass is 32.1. The Morgan fingerprint density at radius 2 is 2.06 bits per heavy atom. The summed E-state index contributed by atoms with van der Waals surface area (Å²) in [5.74, 6) is -0.463. The van der Waals surface area contributed by atoms with Gasteiger partial charge in [0.1, 0.15) is 0 Å². The molecule has 0 saturated heterocycles. The van der Waals surface area contributed by atoms with E-state index in [0.29, 0.717) is 11.5 Å². The lowest BCUT2D eigenvalue weighted by molar-refractivity contribution is -0.136. The Kier molecular flexibility index (Phi) is 8.40. The Bertz CT molecular complexity index is 335. The number of allylic oxidation sites excluding steroid dienone is 1. The van der Waals surface area contributed by atoms with Crippen LogP contribution in [0.25, 0.3) is 0 Å². The topological polar surface area (TPSA) is 73.5 Å². The zero-order valence-electron chi connectivity index (χ0n) is 10.4. The summed E-state index contributed by atoms with van der Waals surface area (Å²) in [7, 11) is 0. The second-order valence-corrected chi connectivity index (χ2v) is 3.91. The fourth-order valence-electron chi connectivity index (χ4n) is 1.43. The van der Waals surface area contributed by atoms with Gasteiger partial charge in [-0.15, -0.1) is 0 Å². The average molecular weight is 256 g/mol. The van der Waals surface area contributed by atoms with E-state index in [0.717, 1.165) is 24.1 Å². The molecule has 5 heteroatoms. The molecule has 0 aromatic carbocycles. The van der Waals surface area contributed by atoms with E-state index in [2.05, 4.69) is 17.6 Å². The van der Waals surface area contributed by atoms with Crippen molar-refractivity contribution in [1.29, 1.82) is 5.41 Å². The molecule has 0 aromatic rings. The number of aliphatic imine (C=N–C) groups is 1.